The van der Waals surface area contributed by atoms with E-state index in [4.69, 9.17) is 11.6 Å². The molecule has 0 amide bonds. The first-order valence-corrected chi connectivity index (χ1v) is 19.3. The van der Waals surface area contributed by atoms with Gasteiger partial charge < -0.3 is 9.80 Å². The number of hydrogen-bond acceptors (Lipinski definition) is 2. The predicted molar refractivity (Wildman–Crippen MR) is 212 cm³/mol. The molecule has 8 rings (SSSR count). The molecule has 0 saturated carbocycles. The highest BCUT2D eigenvalue weighted by atomic mass is 35.5. The Morgan fingerprint density at radius 1 is 0.490 bits per heavy atom. The Hall–Kier alpha value is -5.35. The molecule has 0 unspecified atom stereocenters. The van der Waals surface area contributed by atoms with Gasteiger partial charge in [-0.3, -0.25) is 0 Å². The second kappa shape index (κ2) is 12.9. The SMILES string of the molecule is CC(C)c1cc(N(c2ccccc2)c2ccccc2)c(Cl)c(N2c3ccccc3[Si](c3ccccc3)(c3ccccc3)c3ccccc32)c1. The Morgan fingerprint density at radius 3 is 1.35 bits per heavy atom. The van der Waals surface area contributed by atoms with E-state index in [9.17, 15) is 0 Å². The summed E-state index contributed by atoms with van der Waals surface area (Å²) in [6, 6.07) is 65.9. The molecule has 4 heteroatoms. The van der Waals surface area contributed by atoms with Gasteiger partial charge in [0.05, 0.1) is 16.4 Å². The van der Waals surface area contributed by atoms with Crippen LogP contribution in [0.15, 0.2) is 182 Å². The molecule has 7 aromatic rings. The van der Waals surface area contributed by atoms with Crippen molar-refractivity contribution in [3.05, 3.63) is 193 Å². The molecular weight excluding hydrogens is 632 g/mol. The molecule has 0 aromatic heterocycles. The molecule has 0 saturated heterocycles. The standard InChI is InChI=1S/C45H37ClN2Si/c1-33(2)34-31-41(47(35-19-7-3-8-20-35)36-21-9-4-10-22-36)45(46)42(32-34)48-39-27-15-17-29-43(39)49(37-23-11-5-12-24-37,38-25-13-6-14-26-38)44-30-18-16-28-40(44)48/h3-33H,1-2H3. The van der Waals surface area contributed by atoms with E-state index in [0.29, 0.717) is 5.02 Å². The maximum atomic E-state index is 7.78. The van der Waals surface area contributed by atoms with E-state index in [2.05, 4.69) is 206 Å². The van der Waals surface area contributed by atoms with Crippen LogP contribution >= 0.6 is 11.6 Å². The van der Waals surface area contributed by atoms with Crippen molar-refractivity contribution in [2.24, 2.45) is 0 Å². The molecule has 0 spiro atoms. The number of halogens is 1. The van der Waals surface area contributed by atoms with Gasteiger partial charge in [0.1, 0.15) is 0 Å². The summed E-state index contributed by atoms with van der Waals surface area (Å²) in [6.07, 6.45) is 0. The second-order valence-electron chi connectivity index (χ2n) is 12.9. The summed E-state index contributed by atoms with van der Waals surface area (Å²) in [5, 5.41) is 6.13. The number of fused-ring (bicyclic) bond motifs is 2. The van der Waals surface area contributed by atoms with Gasteiger partial charge in [0.15, 0.2) is 8.07 Å². The normalized spacial score (nSPS) is 13.1. The van der Waals surface area contributed by atoms with Crippen molar-refractivity contribution >= 4 is 74.5 Å². The Bertz CT molecular complexity index is 2090. The summed E-state index contributed by atoms with van der Waals surface area (Å²) in [5.74, 6) is 0.278. The van der Waals surface area contributed by atoms with Crippen LogP contribution in [0, 0.1) is 0 Å². The first-order valence-electron chi connectivity index (χ1n) is 16.9. The number of nitrogens with zero attached hydrogens (tertiary/aromatic N) is 2. The fraction of sp³-hybridized carbons (Fsp3) is 0.0667. The van der Waals surface area contributed by atoms with Gasteiger partial charge in [-0.2, -0.15) is 0 Å². The van der Waals surface area contributed by atoms with Gasteiger partial charge >= 0.3 is 0 Å². The highest BCUT2D eigenvalue weighted by Crippen LogP contribution is 2.49. The zero-order valence-corrected chi connectivity index (χ0v) is 29.4. The van der Waals surface area contributed by atoms with Crippen molar-refractivity contribution < 1.29 is 0 Å². The second-order valence-corrected chi connectivity index (χ2v) is 17.0. The largest absolute Gasteiger partial charge is 0.309 e. The molecule has 0 aliphatic carbocycles. The lowest BCUT2D eigenvalue weighted by atomic mass is 9.99. The summed E-state index contributed by atoms with van der Waals surface area (Å²) >= 11 is 7.78. The zero-order chi connectivity index (χ0) is 33.4. The average molecular weight is 669 g/mol. The van der Waals surface area contributed by atoms with E-state index >= 15 is 0 Å². The molecule has 0 N–H and O–H groups in total. The highest BCUT2D eigenvalue weighted by Gasteiger charge is 2.49. The van der Waals surface area contributed by atoms with Crippen molar-refractivity contribution in [3.8, 4) is 0 Å². The smallest absolute Gasteiger partial charge is 0.184 e. The van der Waals surface area contributed by atoms with Crippen LogP contribution in [0.3, 0.4) is 0 Å². The fourth-order valence-electron chi connectivity index (χ4n) is 7.53. The van der Waals surface area contributed by atoms with Gasteiger partial charge in [-0.25, -0.2) is 0 Å². The van der Waals surface area contributed by atoms with Crippen LogP contribution in [-0.2, 0) is 0 Å². The number of hydrogen-bond donors (Lipinski definition) is 0. The number of anilines is 6. The Balaban J connectivity index is 1.45. The van der Waals surface area contributed by atoms with Crippen molar-refractivity contribution in [2.75, 3.05) is 9.80 Å². The van der Waals surface area contributed by atoms with Gasteiger partial charge in [0, 0.05) is 22.7 Å². The number of para-hydroxylation sites is 4. The number of rotatable bonds is 7. The lowest BCUT2D eigenvalue weighted by Gasteiger charge is -2.45. The summed E-state index contributed by atoms with van der Waals surface area (Å²) in [5.41, 5.74) is 7.60. The van der Waals surface area contributed by atoms with E-state index < -0.39 is 8.07 Å². The van der Waals surface area contributed by atoms with Crippen LogP contribution in [-0.4, -0.2) is 8.07 Å². The van der Waals surface area contributed by atoms with E-state index in [0.717, 1.165) is 22.7 Å². The Labute approximate surface area is 295 Å². The van der Waals surface area contributed by atoms with Gasteiger partial charge in [0.25, 0.3) is 0 Å². The third-order valence-corrected chi connectivity index (χ3v) is 15.0. The summed E-state index contributed by atoms with van der Waals surface area (Å²) in [6.45, 7) is 4.51. The number of benzene rings is 7. The molecule has 0 bridgehead atoms. The topological polar surface area (TPSA) is 6.48 Å². The molecule has 238 valence electrons. The first kappa shape index (κ1) is 30.9. The molecule has 1 aliphatic heterocycles. The van der Waals surface area contributed by atoms with Crippen molar-refractivity contribution in [3.63, 3.8) is 0 Å². The van der Waals surface area contributed by atoms with Crippen molar-refractivity contribution in [1.29, 1.82) is 0 Å². The maximum absolute atomic E-state index is 7.78. The molecular formula is C45H37ClN2Si. The first-order chi connectivity index (χ1) is 24.1. The third kappa shape index (κ3) is 5.18. The van der Waals surface area contributed by atoms with Gasteiger partial charge in [-0.05, 0) is 80.8 Å². The zero-order valence-electron chi connectivity index (χ0n) is 27.7. The minimum absolute atomic E-state index is 0.278. The van der Waals surface area contributed by atoms with Crippen LogP contribution < -0.4 is 30.5 Å². The van der Waals surface area contributed by atoms with E-state index in [1.54, 1.807) is 0 Å². The van der Waals surface area contributed by atoms with Crippen LogP contribution in [0.5, 0.6) is 0 Å². The van der Waals surface area contributed by atoms with Crippen molar-refractivity contribution in [1.82, 2.24) is 0 Å². The summed E-state index contributed by atoms with van der Waals surface area (Å²) in [4.78, 5) is 4.71. The monoisotopic (exact) mass is 668 g/mol. The fourth-order valence-corrected chi connectivity index (χ4v) is 12.9. The molecule has 1 heterocycles. The third-order valence-electron chi connectivity index (χ3n) is 9.75. The van der Waals surface area contributed by atoms with E-state index in [-0.39, 0.29) is 5.92 Å². The van der Waals surface area contributed by atoms with E-state index in [1.807, 2.05) is 0 Å². The Kier molecular flexibility index (Phi) is 8.16. The molecule has 49 heavy (non-hydrogen) atoms. The van der Waals surface area contributed by atoms with Gasteiger partial charge in [0.2, 0.25) is 0 Å². The molecule has 0 atom stereocenters. The molecule has 2 nitrogen and oxygen atoms in total. The highest BCUT2D eigenvalue weighted by molar-refractivity contribution is 7.21. The average Bonchev–Trinajstić information content (AvgIpc) is 3.16. The lowest BCUT2D eigenvalue weighted by molar-refractivity contribution is 0.866. The molecule has 0 radical (unpaired) electrons. The minimum atomic E-state index is -2.74. The predicted octanol–water partition coefficient (Wildman–Crippen LogP) is 10.1. The van der Waals surface area contributed by atoms with Crippen LogP contribution in [0.4, 0.5) is 34.1 Å². The van der Waals surface area contributed by atoms with Crippen LogP contribution in [0.2, 0.25) is 5.02 Å². The summed E-state index contributed by atoms with van der Waals surface area (Å²) in [7, 11) is -2.74. The van der Waals surface area contributed by atoms with Crippen molar-refractivity contribution in [2.45, 2.75) is 19.8 Å². The van der Waals surface area contributed by atoms with E-state index in [1.165, 1.54) is 37.7 Å². The minimum Gasteiger partial charge on any atom is -0.309 e. The van der Waals surface area contributed by atoms with Crippen LogP contribution in [0.1, 0.15) is 25.3 Å². The lowest BCUT2D eigenvalue weighted by Crippen LogP contribution is -2.77. The molecule has 0 fully saturated rings. The van der Waals surface area contributed by atoms with Gasteiger partial charge in [-0.15, -0.1) is 0 Å². The maximum Gasteiger partial charge on any atom is 0.184 e. The van der Waals surface area contributed by atoms with Gasteiger partial charge in [-0.1, -0.05) is 159 Å². The molecule has 1 aliphatic rings. The Morgan fingerprint density at radius 2 is 0.898 bits per heavy atom. The van der Waals surface area contributed by atoms with Crippen LogP contribution in [0.25, 0.3) is 0 Å². The summed E-state index contributed by atoms with van der Waals surface area (Å²) < 4.78 is 0. The molecule has 7 aromatic carbocycles. The quantitative estimate of drug-likeness (QED) is 0.156.